The van der Waals surface area contributed by atoms with Gasteiger partial charge < -0.3 is 0 Å². The standard InChI is InChI=1S/C19H33O2S2/c1-4-7-17-10-11-18(8-5-12-22-15(2)20)19(14-17)9-6-13-23-16(3)21/h17-19H,1,4-14H2,2-3H3/t17?,18?,19-/m0/s1. The summed E-state index contributed by atoms with van der Waals surface area (Å²) in [5.41, 5.74) is 0. The maximum absolute atomic E-state index is 11.1. The van der Waals surface area contributed by atoms with Crippen LogP contribution in [-0.2, 0) is 9.59 Å². The van der Waals surface area contributed by atoms with Gasteiger partial charge in [-0.05, 0) is 56.3 Å². The minimum absolute atomic E-state index is 0.237. The number of carbonyl (C=O) groups excluding carboxylic acids is 2. The van der Waals surface area contributed by atoms with Crippen LogP contribution < -0.4 is 0 Å². The van der Waals surface area contributed by atoms with E-state index >= 15 is 0 Å². The molecule has 0 spiro atoms. The van der Waals surface area contributed by atoms with Gasteiger partial charge in [-0.1, -0.05) is 49.7 Å². The molecule has 2 nitrogen and oxygen atoms in total. The molecule has 3 atom stereocenters. The molecule has 0 bridgehead atoms. The predicted octanol–water partition coefficient (Wildman–Crippen LogP) is 5.75. The zero-order valence-corrected chi connectivity index (χ0v) is 16.5. The van der Waals surface area contributed by atoms with Crippen LogP contribution in [0.5, 0.6) is 0 Å². The van der Waals surface area contributed by atoms with Crippen LogP contribution in [0.4, 0.5) is 0 Å². The Balaban J connectivity index is 2.38. The lowest BCUT2D eigenvalue weighted by atomic mass is 9.70. The fraction of sp³-hybridized carbons (Fsp3) is 0.842. The Hall–Kier alpha value is 0.0400. The van der Waals surface area contributed by atoms with E-state index in [9.17, 15) is 9.59 Å². The largest absolute Gasteiger partial charge is 0.288 e. The third-order valence-corrected chi connectivity index (χ3v) is 6.71. The second-order valence-corrected chi connectivity index (χ2v) is 9.35. The molecule has 0 amide bonds. The van der Waals surface area contributed by atoms with Gasteiger partial charge in [0.05, 0.1) is 0 Å². The summed E-state index contributed by atoms with van der Waals surface area (Å²) in [5.74, 6) is 4.45. The Morgan fingerprint density at radius 1 is 0.913 bits per heavy atom. The number of rotatable bonds is 10. The van der Waals surface area contributed by atoms with Crippen LogP contribution in [0.1, 0.15) is 71.6 Å². The molecule has 133 valence electrons. The van der Waals surface area contributed by atoms with Gasteiger partial charge in [-0.2, -0.15) is 0 Å². The molecule has 0 aliphatic heterocycles. The van der Waals surface area contributed by atoms with Crippen LogP contribution in [0, 0.1) is 24.7 Å². The van der Waals surface area contributed by atoms with Crippen molar-refractivity contribution < 1.29 is 9.59 Å². The first-order chi connectivity index (χ1) is 11.0. The SMILES string of the molecule is [CH2]CCC1CCC(CCCSC(C)=O)[C@@H](CCCSC(C)=O)C1. The maximum Gasteiger partial charge on any atom is 0.185 e. The van der Waals surface area contributed by atoms with E-state index < -0.39 is 0 Å². The van der Waals surface area contributed by atoms with E-state index in [-0.39, 0.29) is 10.2 Å². The van der Waals surface area contributed by atoms with Gasteiger partial charge in [0.2, 0.25) is 0 Å². The van der Waals surface area contributed by atoms with Gasteiger partial charge in [0, 0.05) is 25.4 Å². The van der Waals surface area contributed by atoms with E-state index in [1.807, 2.05) is 0 Å². The quantitative estimate of drug-likeness (QED) is 0.466. The van der Waals surface area contributed by atoms with Crippen molar-refractivity contribution in [1.29, 1.82) is 0 Å². The highest BCUT2D eigenvalue weighted by Crippen LogP contribution is 2.41. The van der Waals surface area contributed by atoms with E-state index in [4.69, 9.17) is 0 Å². The first kappa shape index (κ1) is 21.1. The molecule has 0 N–H and O–H groups in total. The van der Waals surface area contributed by atoms with Gasteiger partial charge in [0.15, 0.2) is 10.2 Å². The molecule has 1 radical (unpaired) electrons. The van der Waals surface area contributed by atoms with Crippen LogP contribution in [0.3, 0.4) is 0 Å². The van der Waals surface area contributed by atoms with Crippen molar-refractivity contribution in [2.24, 2.45) is 17.8 Å². The first-order valence-corrected chi connectivity index (χ1v) is 11.1. The molecular formula is C19H33O2S2. The molecule has 1 aliphatic carbocycles. The summed E-state index contributed by atoms with van der Waals surface area (Å²) in [4.78, 5) is 22.1. The van der Waals surface area contributed by atoms with E-state index in [0.29, 0.717) is 0 Å². The van der Waals surface area contributed by atoms with E-state index in [1.165, 1.54) is 62.0 Å². The minimum Gasteiger partial charge on any atom is -0.288 e. The highest BCUT2D eigenvalue weighted by molar-refractivity contribution is 8.13. The fourth-order valence-corrected chi connectivity index (χ4v) is 5.03. The minimum atomic E-state index is 0.237. The van der Waals surface area contributed by atoms with Gasteiger partial charge in [0.1, 0.15) is 0 Å². The fourth-order valence-electron chi connectivity index (χ4n) is 3.83. The van der Waals surface area contributed by atoms with Gasteiger partial charge in [-0.3, -0.25) is 9.59 Å². The Morgan fingerprint density at radius 2 is 1.48 bits per heavy atom. The van der Waals surface area contributed by atoms with Crippen LogP contribution in [-0.4, -0.2) is 21.7 Å². The zero-order chi connectivity index (χ0) is 17.1. The molecule has 0 aromatic carbocycles. The number of carbonyl (C=O) groups is 2. The topological polar surface area (TPSA) is 34.1 Å². The third-order valence-electron chi connectivity index (χ3n) is 4.91. The van der Waals surface area contributed by atoms with Crippen LogP contribution in [0.2, 0.25) is 0 Å². The summed E-state index contributed by atoms with van der Waals surface area (Å²) >= 11 is 2.93. The van der Waals surface area contributed by atoms with Crippen molar-refractivity contribution in [3.05, 3.63) is 6.92 Å². The van der Waals surface area contributed by atoms with Crippen molar-refractivity contribution >= 4 is 33.8 Å². The highest BCUT2D eigenvalue weighted by atomic mass is 32.2. The Morgan fingerprint density at radius 3 is 2.00 bits per heavy atom. The van der Waals surface area contributed by atoms with E-state index in [1.54, 1.807) is 13.8 Å². The second kappa shape index (κ2) is 12.4. The molecule has 1 saturated carbocycles. The third kappa shape index (κ3) is 9.81. The molecule has 23 heavy (non-hydrogen) atoms. The maximum atomic E-state index is 11.1. The molecule has 0 saturated heterocycles. The van der Waals surface area contributed by atoms with Crippen molar-refractivity contribution in [3.63, 3.8) is 0 Å². The van der Waals surface area contributed by atoms with Gasteiger partial charge in [-0.25, -0.2) is 0 Å². The van der Waals surface area contributed by atoms with E-state index in [2.05, 4.69) is 6.92 Å². The average molecular weight is 358 g/mol. The van der Waals surface area contributed by atoms with Crippen molar-refractivity contribution in [2.45, 2.75) is 71.6 Å². The van der Waals surface area contributed by atoms with Crippen molar-refractivity contribution in [1.82, 2.24) is 0 Å². The molecule has 2 unspecified atom stereocenters. The summed E-state index contributed by atoms with van der Waals surface area (Å²) in [6, 6.07) is 0. The lowest BCUT2D eigenvalue weighted by molar-refractivity contribution is -0.109. The molecule has 1 fully saturated rings. The summed E-state index contributed by atoms with van der Waals surface area (Å²) < 4.78 is 0. The Labute approximate surface area is 151 Å². The lowest BCUT2D eigenvalue weighted by Crippen LogP contribution is -2.25. The zero-order valence-electron chi connectivity index (χ0n) is 14.9. The molecule has 0 aromatic heterocycles. The smallest absolute Gasteiger partial charge is 0.185 e. The molecular weight excluding hydrogens is 324 g/mol. The van der Waals surface area contributed by atoms with Crippen LogP contribution in [0.25, 0.3) is 0 Å². The van der Waals surface area contributed by atoms with Gasteiger partial charge in [-0.15, -0.1) is 0 Å². The molecule has 0 aromatic rings. The molecule has 1 rings (SSSR count). The Kier molecular flexibility index (Phi) is 11.4. The normalized spacial score (nSPS) is 24.6. The highest BCUT2D eigenvalue weighted by Gasteiger charge is 2.29. The van der Waals surface area contributed by atoms with Crippen molar-refractivity contribution in [2.75, 3.05) is 11.5 Å². The molecule has 4 heteroatoms. The van der Waals surface area contributed by atoms with Crippen LogP contribution >= 0.6 is 23.5 Å². The molecule has 0 heterocycles. The number of hydrogen-bond donors (Lipinski definition) is 0. The summed E-state index contributed by atoms with van der Waals surface area (Å²) in [5, 5.41) is 0.475. The summed E-state index contributed by atoms with van der Waals surface area (Å²) in [7, 11) is 0. The van der Waals surface area contributed by atoms with Gasteiger partial charge in [0.25, 0.3) is 0 Å². The summed E-state index contributed by atoms with van der Waals surface area (Å²) in [6.45, 7) is 7.34. The monoisotopic (exact) mass is 357 g/mol. The Bertz CT molecular complexity index is 357. The molecule has 1 aliphatic rings. The number of thioether (sulfide) groups is 2. The second-order valence-electron chi connectivity index (χ2n) is 6.81. The summed E-state index contributed by atoms with van der Waals surface area (Å²) in [6.07, 6.45) is 11.2. The van der Waals surface area contributed by atoms with E-state index in [0.717, 1.165) is 48.5 Å². The van der Waals surface area contributed by atoms with Crippen LogP contribution in [0.15, 0.2) is 0 Å². The lowest BCUT2D eigenvalue weighted by Gasteiger charge is -2.36. The first-order valence-electron chi connectivity index (χ1n) is 9.08. The average Bonchev–Trinajstić information content (AvgIpc) is 2.49. The number of hydrogen-bond acceptors (Lipinski definition) is 4. The van der Waals surface area contributed by atoms with Crippen molar-refractivity contribution in [3.8, 4) is 0 Å². The predicted molar refractivity (Wildman–Crippen MR) is 104 cm³/mol. The van der Waals surface area contributed by atoms with Gasteiger partial charge >= 0.3 is 0 Å².